The number of hydrogen-bond donors (Lipinski definition) is 3. The summed E-state index contributed by atoms with van der Waals surface area (Å²) in [6, 6.07) is 12.4. The number of benzene rings is 1. The van der Waals surface area contributed by atoms with Crippen LogP contribution in [0.2, 0.25) is 0 Å². The normalized spacial score (nSPS) is 14.8. The Morgan fingerprint density at radius 2 is 1.81 bits per heavy atom. The summed E-state index contributed by atoms with van der Waals surface area (Å²) < 4.78 is 5.87. The Hall–Kier alpha value is -3.39. The summed E-state index contributed by atoms with van der Waals surface area (Å²) in [7, 11) is 1.59. The van der Waals surface area contributed by atoms with Crippen molar-refractivity contribution in [3.8, 4) is 11.3 Å². The topological polar surface area (TPSA) is 100 Å². The van der Waals surface area contributed by atoms with E-state index in [9.17, 15) is 14.4 Å². The zero-order valence-electron chi connectivity index (χ0n) is 21.0. The first-order valence-electron chi connectivity index (χ1n) is 12.4. The lowest BCUT2D eigenvalue weighted by Gasteiger charge is -2.29. The van der Waals surface area contributed by atoms with Crippen molar-refractivity contribution >= 4 is 29.1 Å². The summed E-state index contributed by atoms with van der Waals surface area (Å²) in [4.78, 5) is 39.7. The number of nitrogens with one attached hydrogen (secondary N) is 3. The summed E-state index contributed by atoms with van der Waals surface area (Å²) in [5.41, 5.74) is 2.84. The molecule has 36 heavy (non-hydrogen) atoms. The summed E-state index contributed by atoms with van der Waals surface area (Å²) in [6.45, 7) is 4.39. The quantitative estimate of drug-likeness (QED) is 0.400. The van der Waals surface area contributed by atoms with Gasteiger partial charge in [-0.15, -0.1) is 11.3 Å². The van der Waals surface area contributed by atoms with Crippen LogP contribution >= 0.6 is 11.3 Å². The molecule has 2 heterocycles. The van der Waals surface area contributed by atoms with Crippen molar-refractivity contribution in [1.82, 2.24) is 16.0 Å². The van der Waals surface area contributed by atoms with Gasteiger partial charge in [-0.25, -0.2) is 0 Å². The van der Waals surface area contributed by atoms with Gasteiger partial charge in [-0.2, -0.15) is 0 Å². The van der Waals surface area contributed by atoms with E-state index in [1.54, 1.807) is 19.2 Å². The fraction of sp³-hybridized carbons (Fsp3) is 0.393. The lowest BCUT2D eigenvalue weighted by molar-refractivity contribution is -0.124. The summed E-state index contributed by atoms with van der Waals surface area (Å²) in [6.07, 6.45) is 5.17. The fourth-order valence-corrected chi connectivity index (χ4v) is 5.59. The van der Waals surface area contributed by atoms with Crippen molar-refractivity contribution < 1.29 is 18.8 Å². The van der Waals surface area contributed by atoms with Gasteiger partial charge in [-0.05, 0) is 68.0 Å². The highest BCUT2D eigenvalue weighted by Crippen LogP contribution is 2.28. The van der Waals surface area contributed by atoms with E-state index in [4.69, 9.17) is 4.42 Å². The largest absolute Gasteiger partial charge is 0.451 e. The third-order valence-electron chi connectivity index (χ3n) is 6.82. The van der Waals surface area contributed by atoms with Crippen LogP contribution in [0.1, 0.15) is 68.3 Å². The molecule has 0 spiro atoms. The van der Waals surface area contributed by atoms with Gasteiger partial charge in [0.1, 0.15) is 11.8 Å². The summed E-state index contributed by atoms with van der Waals surface area (Å²) in [5.74, 6) is 0.173. The second kappa shape index (κ2) is 11.6. The molecule has 1 fully saturated rings. The molecule has 1 aromatic carbocycles. The molecule has 1 aliphatic rings. The summed E-state index contributed by atoms with van der Waals surface area (Å²) in [5, 5.41) is 8.54. The van der Waals surface area contributed by atoms with E-state index in [1.165, 1.54) is 17.8 Å². The van der Waals surface area contributed by atoms with Crippen LogP contribution in [0.15, 0.2) is 46.9 Å². The van der Waals surface area contributed by atoms with Crippen LogP contribution in [0.5, 0.6) is 0 Å². The summed E-state index contributed by atoms with van der Waals surface area (Å²) >= 11 is 1.49. The van der Waals surface area contributed by atoms with Gasteiger partial charge in [-0.1, -0.05) is 37.5 Å². The number of aryl methyl sites for hydroxylation is 2. The number of carbonyl (C=O) groups is 3. The van der Waals surface area contributed by atoms with E-state index in [-0.39, 0.29) is 23.5 Å². The van der Waals surface area contributed by atoms with Gasteiger partial charge >= 0.3 is 0 Å². The van der Waals surface area contributed by atoms with Gasteiger partial charge < -0.3 is 20.4 Å². The third-order valence-corrected chi connectivity index (χ3v) is 7.97. The predicted octanol–water partition coefficient (Wildman–Crippen LogP) is 4.98. The monoisotopic (exact) mass is 507 g/mol. The van der Waals surface area contributed by atoms with Crippen molar-refractivity contribution in [3.05, 3.63) is 69.1 Å². The predicted molar refractivity (Wildman–Crippen MR) is 141 cm³/mol. The molecule has 0 bridgehead atoms. The number of amides is 3. The molecule has 1 saturated carbocycles. The molecule has 2 aromatic heterocycles. The molecular weight excluding hydrogens is 474 g/mol. The molecule has 0 radical (unpaired) electrons. The molecule has 190 valence electrons. The number of rotatable bonds is 8. The van der Waals surface area contributed by atoms with Crippen molar-refractivity contribution in [2.24, 2.45) is 5.92 Å². The minimum Gasteiger partial charge on any atom is -0.451 e. The molecule has 4 rings (SSSR count). The van der Waals surface area contributed by atoms with Crippen molar-refractivity contribution in [2.75, 3.05) is 7.05 Å². The van der Waals surface area contributed by atoms with Crippen LogP contribution in [-0.2, 0) is 11.3 Å². The van der Waals surface area contributed by atoms with Gasteiger partial charge in [-0.3, -0.25) is 14.4 Å². The molecular formula is C28H33N3O4S. The van der Waals surface area contributed by atoms with E-state index >= 15 is 0 Å². The first-order chi connectivity index (χ1) is 17.4. The Kier molecular flexibility index (Phi) is 8.25. The van der Waals surface area contributed by atoms with E-state index < -0.39 is 11.9 Å². The Morgan fingerprint density at radius 1 is 1.03 bits per heavy atom. The van der Waals surface area contributed by atoms with Gasteiger partial charge in [0.25, 0.3) is 11.8 Å². The van der Waals surface area contributed by atoms with E-state index in [2.05, 4.69) is 16.0 Å². The molecule has 0 aliphatic heterocycles. The fourth-order valence-electron chi connectivity index (χ4n) is 4.64. The van der Waals surface area contributed by atoms with Crippen LogP contribution in [0.3, 0.4) is 0 Å². The number of likely N-dealkylation sites (N-methyl/N-ethyl adjacent to an activating group) is 1. The van der Waals surface area contributed by atoms with Crippen LogP contribution < -0.4 is 16.0 Å². The Morgan fingerprint density at radius 3 is 2.50 bits per heavy atom. The number of thiophene rings is 1. The molecule has 1 atom stereocenters. The van der Waals surface area contributed by atoms with Gasteiger partial charge in [0.15, 0.2) is 5.76 Å². The van der Waals surface area contributed by atoms with Crippen molar-refractivity contribution in [3.63, 3.8) is 0 Å². The second-order valence-electron chi connectivity index (χ2n) is 9.36. The van der Waals surface area contributed by atoms with Crippen molar-refractivity contribution in [2.45, 2.75) is 58.5 Å². The van der Waals surface area contributed by atoms with Gasteiger partial charge in [0, 0.05) is 24.0 Å². The van der Waals surface area contributed by atoms with Gasteiger partial charge in [0.05, 0.1) is 4.88 Å². The van der Waals surface area contributed by atoms with E-state index in [0.717, 1.165) is 47.3 Å². The minimum atomic E-state index is -0.570. The minimum absolute atomic E-state index is 0.0952. The number of carbonyl (C=O) groups excluding carboxylic acids is 3. The van der Waals surface area contributed by atoms with Crippen LogP contribution in [0, 0.1) is 19.8 Å². The molecule has 1 aliphatic carbocycles. The lowest BCUT2D eigenvalue weighted by atomic mass is 9.83. The molecule has 3 amide bonds. The Labute approximate surface area is 215 Å². The average molecular weight is 508 g/mol. The smallest absolute Gasteiger partial charge is 0.287 e. The molecule has 3 aromatic rings. The third kappa shape index (κ3) is 6.05. The molecule has 3 N–H and O–H groups in total. The highest BCUT2D eigenvalue weighted by Gasteiger charge is 2.31. The van der Waals surface area contributed by atoms with E-state index in [1.807, 2.05) is 44.2 Å². The van der Waals surface area contributed by atoms with Crippen LogP contribution in [0.4, 0.5) is 0 Å². The highest BCUT2D eigenvalue weighted by atomic mass is 32.1. The SMILES string of the molecule is CNC(=O)C(NC(=O)c1ccc(-c2cccc(CNC(=O)c3cc(C)c(C)s3)c2)o1)C1CCCCC1. The Bertz CT molecular complexity index is 1220. The molecule has 0 saturated heterocycles. The number of furan rings is 1. The zero-order chi connectivity index (χ0) is 25.7. The van der Waals surface area contributed by atoms with Crippen LogP contribution in [0.25, 0.3) is 11.3 Å². The highest BCUT2D eigenvalue weighted by molar-refractivity contribution is 7.14. The van der Waals surface area contributed by atoms with Crippen LogP contribution in [-0.4, -0.2) is 30.8 Å². The van der Waals surface area contributed by atoms with E-state index in [0.29, 0.717) is 17.2 Å². The first kappa shape index (κ1) is 25.7. The molecule has 1 unspecified atom stereocenters. The first-order valence-corrected chi connectivity index (χ1v) is 13.2. The maximum absolute atomic E-state index is 12.9. The maximum Gasteiger partial charge on any atom is 0.287 e. The van der Waals surface area contributed by atoms with Gasteiger partial charge in [0.2, 0.25) is 5.91 Å². The Balaban J connectivity index is 1.41. The average Bonchev–Trinajstić information content (AvgIpc) is 3.53. The van der Waals surface area contributed by atoms with Crippen molar-refractivity contribution in [1.29, 1.82) is 0 Å². The lowest BCUT2D eigenvalue weighted by Crippen LogP contribution is -2.50. The maximum atomic E-state index is 12.9. The number of hydrogen-bond acceptors (Lipinski definition) is 5. The zero-order valence-corrected chi connectivity index (χ0v) is 21.8. The molecule has 8 heteroatoms. The molecule has 7 nitrogen and oxygen atoms in total. The standard InChI is InChI=1S/C28H33N3O4S/c1-17-14-24(36-18(17)2)27(33)30-16-19-8-7-11-21(15-19)22-12-13-23(35-22)26(32)31-25(28(34)29-3)20-9-5-4-6-10-20/h7-8,11-15,20,25H,4-6,9-10,16H2,1-3H3,(H,29,34)(H,30,33)(H,31,32). The second-order valence-corrected chi connectivity index (χ2v) is 10.6.